The van der Waals surface area contributed by atoms with Gasteiger partial charge in [0.25, 0.3) is 0 Å². The van der Waals surface area contributed by atoms with Crippen LogP contribution in [0, 0.1) is 11.7 Å². The average molecular weight is 202 g/mol. The molecule has 0 aromatic heterocycles. The van der Waals surface area contributed by atoms with Crippen molar-refractivity contribution in [1.82, 2.24) is 5.32 Å². The Balaban J connectivity index is 1.95. The minimum Gasteiger partial charge on any atom is -0.317 e. The van der Waals surface area contributed by atoms with E-state index in [0.29, 0.717) is 5.92 Å². The summed E-state index contributed by atoms with van der Waals surface area (Å²) in [5.41, 5.74) is 0. The van der Waals surface area contributed by atoms with Gasteiger partial charge in [-0.25, -0.2) is 8.42 Å². The van der Waals surface area contributed by atoms with Crippen LogP contribution in [0.15, 0.2) is 0 Å². The molecule has 2 rings (SSSR count). The van der Waals surface area contributed by atoms with E-state index in [1.807, 2.05) is 0 Å². The molecule has 0 bridgehead atoms. The van der Waals surface area contributed by atoms with E-state index >= 15 is 0 Å². The maximum Gasteiger partial charge on any atom is 0.157 e. The zero-order valence-electron chi connectivity index (χ0n) is 7.70. The number of sulfone groups is 1. The molecule has 1 aliphatic heterocycles. The first-order valence-corrected chi connectivity index (χ1v) is 6.59. The van der Waals surface area contributed by atoms with Crippen molar-refractivity contribution in [3.8, 4) is 0 Å². The summed E-state index contributed by atoms with van der Waals surface area (Å²) in [7, 11) is -2.89. The Bertz CT molecular complexity index is 263. The fraction of sp³-hybridized carbons (Fsp3) is 0.889. The van der Waals surface area contributed by atoms with Crippen LogP contribution in [0.5, 0.6) is 0 Å². The maximum absolute atomic E-state index is 11.8. The first-order valence-electron chi connectivity index (χ1n) is 4.98. The van der Waals surface area contributed by atoms with Gasteiger partial charge in [0, 0.05) is 0 Å². The monoisotopic (exact) mass is 202 g/mol. The maximum atomic E-state index is 11.8. The Morgan fingerprint density at radius 1 is 1.08 bits per heavy atom. The first-order chi connectivity index (χ1) is 6.18. The molecule has 13 heavy (non-hydrogen) atoms. The Morgan fingerprint density at radius 3 is 2.23 bits per heavy atom. The highest BCUT2D eigenvalue weighted by Crippen LogP contribution is 2.35. The van der Waals surface area contributed by atoms with Gasteiger partial charge >= 0.3 is 0 Å². The van der Waals surface area contributed by atoms with Crippen LogP contribution in [-0.4, -0.2) is 26.8 Å². The van der Waals surface area contributed by atoms with Gasteiger partial charge in [-0.3, -0.25) is 0 Å². The second-order valence-corrected chi connectivity index (χ2v) is 6.13. The van der Waals surface area contributed by atoms with Crippen molar-refractivity contribution in [1.29, 1.82) is 0 Å². The van der Waals surface area contributed by atoms with E-state index in [4.69, 9.17) is 0 Å². The van der Waals surface area contributed by atoms with Gasteiger partial charge < -0.3 is 5.32 Å². The molecule has 4 heteroatoms. The molecule has 0 atom stereocenters. The lowest BCUT2D eigenvalue weighted by Gasteiger charge is -2.22. The molecule has 1 heterocycles. The Morgan fingerprint density at radius 2 is 1.69 bits per heavy atom. The zero-order valence-corrected chi connectivity index (χ0v) is 8.52. The summed E-state index contributed by atoms with van der Waals surface area (Å²) in [6.45, 7) is 1.70. The van der Waals surface area contributed by atoms with Crippen molar-refractivity contribution in [2.24, 2.45) is 5.92 Å². The number of nitrogens with one attached hydrogen (secondary N) is 1. The predicted molar refractivity (Wildman–Crippen MR) is 51.8 cm³/mol. The predicted octanol–water partition coefficient (Wildman–Crippen LogP) is 0.725. The highest BCUT2D eigenvalue weighted by Gasteiger charge is 2.34. The van der Waals surface area contributed by atoms with Crippen LogP contribution < -0.4 is 5.32 Å². The molecule has 0 spiro atoms. The minimum absolute atomic E-state index is 0.102. The SMILES string of the molecule is O=S(=O)([CH]C1CC1)C1CCNCC1. The number of hydrogen-bond donors (Lipinski definition) is 1. The summed E-state index contributed by atoms with van der Waals surface area (Å²) in [6, 6.07) is 0. The number of piperidine rings is 1. The summed E-state index contributed by atoms with van der Waals surface area (Å²) in [5, 5.41) is 3.07. The second-order valence-electron chi connectivity index (χ2n) is 4.01. The van der Waals surface area contributed by atoms with Crippen LogP contribution >= 0.6 is 0 Å². The van der Waals surface area contributed by atoms with Crippen LogP contribution in [0.2, 0.25) is 0 Å². The number of hydrogen-bond acceptors (Lipinski definition) is 3. The molecule has 1 aliphatic carbocycles. The highest BCUT2D eigenvalue weighted by atomic mass is 32.2. The van der Waals surface area contributed by atoms with E-state index in [1.54, 1.807) is 5.75 Å². The van der Waals surface area contributed by atoms with E-state index in [0.717, 1.165) is 38.8 Å². The minimum atomic E-state index is -2.89. The lowest BCUT2D eigenvalue weighted by molar-refractivity contribution is 0.498. The standard InChI is InChI=1S/C9H16NO2S/c11-13(12,7-8-1-2-8)9-3-5-10-6-4-9/h7-10H,1-6H2. The van der Waals surface area contributed by atoms with Gasteiger partial charge in [0.15, 0.2) is 9.84 Å². The molecule has 1 saturated heterocycles. The van der Waals surface area contributed by atoms with E-state index in [2.05, 4.69) is 5.32 Å². The quantitative estimate of drug-likeness (QED) is 0.733. The highest BCUT2D eigenvalue weighted by molar-refractivity contribution is 7.94. The molecular weight excluding hydrogens is 186 g/mol. The Labute approximate surface area is 79.8 Å². The van der Waals surface area contributed by atoms with Gasteiger partial charge in [-0.05, 0) is 44.7 Å². The molecule has 0 amide bonds. The lowest BCUT2D eigenvalue weighted by Crippen LogP contribution is -2.35. The molecule has 1 N–H and O–H groups in total. The molecule has 0 aromatic rings. The van der Waals surface area contributed by atoms with Crippen molar-refractivity contribution >= 4 is 9.84 Å². The summed E-state index contributed by atoms with van der Waals surface area (Å²) in [5.74, 6) is 1.98. The van der Waals surface area contributed by atoms with E-state index in [-0.39, 0.29) is 5.25 Å². The van der Waals surface area contributed by atoms with Gasteiger partial charge in [-0.1, -0.05) is 0 Å². The van der Waals surface area contributed by atoms with Gasteiger partial charge in [0.05, 0.1) is 11.0 Å². The van der Waals surface area contributed by atoms with Gasteiger partial charge in [-0.15, -0.1) is 0 Å². The molecule has 2 aliphatic rings. The Hall–Kier alpha value is -0.0900. The van der Waals surface area contributed by atoms with Crippen molar-refractivity contribution in [3.05, 3.63) is 5.75 Å². The van der Waals surface area contributed by atoms with Gasteiger partial charge in [-0.2, -0.15) is 0 Å². The Kier molecular flexibility index (Phi) is 2.60. The molecule has 75 valence electrons. The summed E-state index contributed by atoms with van der Waals surface area (Å²) in [6.07, 6.45) is 3.71. The molecule has 1 saturated carbocycles. The lowest BCUT2D eigenvalue weighted by atomic mass is 10.2. The normalized spacial score (nSPS) is 26.2. The molecule has 3 nitrogen and oxygen atoms in total. The summed E-state index contributed by atoms with van der Waals surface area (Å²) >= 11 is 0. The molecule has 2 fully saturated rings. The fourth-order valence-electron chi connectivity index (χ4n) is 1.74. The third kappa shape index (κ3) is 2.44. The van der Waals surface area contributed by atoms with E-state index < -0.39 is 9.84 Å². The molecule has 0 aromatic carbocycles. The second kappa shape index (κ2) is 3.58. The van der Waals surface area contributed by atoms with Crippen molar-refractivity contribution in [2.45, 2.75) is 30.9 Å². The third-order valence-electron chi connectivity index (χ3n) is 2.75. The van der Waals surface area contributed by atoms with Crippen LogP contribution in [0.1, 0.15) is 25.7 Å². The third-order valence-corrected chi connectivity index (χ3v) is 4.92. The van der Waals surface area contributed by atoms with Crippen LogP contribution in [0.25, 0.3) is 0 Å². The topological polar surface area (TPSA) is 46.2 Å². The van der Waals surface area contributed by atoms with E-state index in [9.17, 15) is 8.42 Å². The van der Waals surface area contributed by atoms with Crippen molar-refractivity contribution in [3.63, 3.8) is 0 Å². The van der Waals surface area contributed by atoms with Crippen LogP contribution in [0.3, 0.4) is 0 Å². The average Bonchev–Trinajstić information content (AvgIpc) is 2.89. The van der Waals surface area contributed by atoms with Crippen molar-refractivity contribution < 1.29 is 8.42 Å². The molecule has 0 unspecified atom stereocenters. The van der Waals surface area contributed by atoms with Crippen molar-refractivity contribution in [2.75, 3.05) is 13.1 Å². The fourth-order valence-corrected chi connectivity index (χ4v) is 3.66. The molecule has 1 radical (unpaired) electrons. The number of rotatable bonds is 3. The molecular formula is C9H16NO2S. The zero-order chi connectivity index (χ0) is 9.31. The van der Waals surface area contributed by atoms with E-state index in [1.165, 1.54) is 0 Å². The van der Waals surface area contributed by atoms with Gasteiger partial charge in [0.2, 0.25) is 0 Å². The van der Waals surface area contributed by atoms with Gasteiger partial charge in [0.1, 0.15) is 0 Å². The smallest absolute Gasteiger partial charge is 0.157 e. The largest absolute Gasteiger partial charge is 0.317 e. The first kappa shape index (κ1) is 9.46. The summed E-state index contributed by atoms with van der Waals surface area (Å²) in [4.78, 5) is 0. The van der Waals surface area contributed by atoms with Crippen LogP contribution in [-0.2, 0) is 9.84 Å². The van der Waals surface area contributed by atoms with Crippen LogP contribution in [0.4, 0.5) is 0 Å². The summed E-state index contributed by atoms with van der Waals surface area (Å²) < 4.78 is 23.5.